The fourth-order valence-electron chi connectivity index (χ4n) is 2.72. The Kier molecular flexibility index (Phi) is 3.85. The molecule has 1 aromatic heterocycles. The predicted octanol–water partition coefficient (Wildman–Crippen LogP) is 1.87. The number of carbonyl (C=O) groups is 1. The predicted molar refractivity (Wildman–Crippen MR) is 77.6 cm³/mol. The average Bonchev–Trinajstić information content (AvgIpc) is 2.89. The van der Waals surface area contributed by atoms with Gasteiger partial charge >= 0.3 is 0 Å². The van der Waals surface area contributed by atoms with E-state index in [-0.39, 0.29) is 30.0 Å². The van der Waals surface area contributed by atoms with E-state index in [0.717, 1.165) is 5.69 Å². The van der Waals surface area contributed by atoms with E-state index in [1.165, 1.54) is 29.4 Å². The zero-order chi connectivity index (χ0) is 15.7. The molecular weight excluding hydrogens is 285 g/mol. The molecule has 1 aliphatic heterocycles. The smallest absolute Gasteiger partial charge is 0.274 e. The van der Waals surface area contributed by atoms with Crippen LogP contribution in [0, 0.1) is 12.7 Å². The van der Waals surface area contributed by atoms with E-state index in [2.05, 4.69) is 9.97 Å². The highest BCUT2D eigenvalue weighted by Gasteiger charge is 2.36. The number of hydrogen-bond acceptors (Lipinski definition) is 4. The van der Waals surface area contributed by atoms with Gasteiger partial charge in [0.05, 0.1) is 24.0 Å². The zero-order valence-corrected chi connectivity index (χ0v) is 12.1. The first-order chi connectivity index (χ1) is 10.5. The molecule has 6 heteroatoms. The van der Waals surface area contributed by atoms with Gasteiger partial charge in [-0.3, -0.25) is 9.78 Å². The molecule has 0 aliphatic carbocycles. The molecule has 2 atom stereocenters. The molecule has 1 aromatic carbocycles. The lowest BCUT2D eigenvalue weighted by Crippen LogP contribution is -2.32. The van der Waals surface area contributed by atoms with Crippen molar-refractivity contribution in [3.05, 3.63) is 59.4 Å². The van der Waals surface area contributed by atoms with Gasteiger partial charge in [0.2, 0.25) is 0 Å². The summed E-state index contributed by atoms with van der Waals surface area (Å²) >= 11 is 0. The summed E-state index contributed by atoms with van der Waals surface area (Å²) in [4.78, 5) is 22.3. The van der Waals surface area contributed by atoms with E-state index < -0.39 is 6.10 Å². The molecule has 0 radical (unpaired) electrons. The first-order valence-electron chi connectivity index (χ1n) is 7.08. The lowest BCUT2D eigenvalue weighted by Gasteiger charge is -2.24. The Hall–Kier alpha value is -2.34. The molecule has 114 valence electrons. The van der Waals surface area contributed by atoms with Gasteiger partial charge in [-0.05, 0) is 31.0 Å². The molecule has 1 fully saturated rings. The second kappa shape index (κ2) is 5.81. The Balaban J connectivity index is 1.90. The van der Waals surface area contributed by atoms with E-state index >= 15 is 0 Å². The number of aryl methyl sites for hydroxylation is 1. The van der Waals surface area contributed by atoms with Gasteiger partial charge in [-0.1, -0.05) is 12.1 Å². The summed E-state index contributed by atoms with van der Waals surface area (Å²) in [6.07, 6.45) is 2.70. The summed E-state index contributed by atoms with van der Waals surface area (Å²) in [5.74, 6) is -0.667. The van der Waals surface area contributed by atoms with Crippen LogP contribution in [0.4, 0.5) is 4.39 Å². The number of aromatic nitrogens is 2. The van der Waals surface area contributed by atoms with E-state index in [0.29, 0.717) is 12.0 Å². The third-order valence-electron chi connectivity index (χ3n) is 3.77. The largest absolute Gasteiger partial charge is 0.391 e. The SMILES string of the molecule is Cc1cnc(C(=O)N2CC(O)CC2c2cccc(F)c2)cn1. The van der Waals surface area contributed by atoms with Crippen molar-refractivity contribution in [2.75, 3.05) is 6.54 Å². The Bertz CT molecular complexity index is 690. The standard InChI is InChI=1S/C16H16FN3O2/c1-10-7-19-14(8-18-10)16(22)20-9-13(21)6-15(20)11-3-2-4-12(17)5-11/h2-5,7-8,13,15,21H,6,9H2,1H3. The van der Waals surface area contributed by atoms with Crippen LogP contribution in [-0.4, -0.2) is 38.5 Å². The molecule has 2 unspecified atom stereocenters. The molecule has 1 amide bonds. The minimum Gasteiger partial charge on any atom is -0.391 e. The fraction of sp³-hybridized carbons (Fsp3) is 0.312. The van der Waals surface area contributed by atoms with Crippen LogP contribution in [0.2, 0.25) is 0 Å². The Morgan fingerprint density at radius 1 is 1.36 bits per heavy atom. The molecule has 5 nitrogen and oxygen atoms in total. The van der Waals surface area contributed by atoms with Crippen molar-refractivity contribution >= 4 is 5.91 Å². The van der Waals surface area contributed by atoms with Gasteiger partial charge in [0.15, 0.2) is 0 Å². The highest BCUT2D eigenvalue weighted by Crippen LogP contribution is 2.33. The molecule has 2 heterocycles. The number of β-amino-alcohol motifs (C(OH)–C–C–N with tert-alkyl or cyclic N) is 1. The summed E-state index contributed by atoms with van der Waals surface area (Å²) in [6, 6.07) is 5.74. The van der Waals surface area contributed by atoms with Gasteiger partial charge in [-0.15, -0.1) is 0 Å². The Labute approximate surface area is 127 Å². The fourth-order valence-corrected chi connectivity index (χ4v) is 2.72. The van der Waals surface area contributed by atoms with Crippen LogP contribution in [0.25, 0.3) is 0 Å². The van der Waals surface area contributed by atoms with Crippen LogP contribution >= 0.6 is 0 Å². The highest BCUT2D eigenvalue weighted by molar-refractivity contribution is 5.92. The number of hydrogen-bond donors (Lipinski definition) is 1. The molecule has 2 aromatic rings. The lowest BCUT2D eigenvalue weighted by atomic mass is 10.0. The number of likely N-dealkylation sites (tertiary alicyclic amines) is 1. The highest BCUT2D eigenvalue weighted by atomic mass is 19.1. The van der Waals surface area contributed by atoms with E-state index in [1.54, 1.807) is 19.1 Å². The van der Waals surface area contributed by atoms with E-state index in [4.69, 9.17) is 0 Å². The molecule has 0 bridgehead atoms. The van der Waals surface area contributed by atoms with Crippen molar-refractivity contribution in [3.8, 4) is 0 Å². The van der Waals surface area contributed by atoms with Crippen molar-refractivity contribution in [1.29, 1.82) is 0 Å². The van der Waals surface area contributed by atoms with E-state index in [9.17, 15) is 14.3 Å². The molecule has 22 heavy (non-hydrogen) atoms. The van der Waals surface area contributed by atoms with E-state index in [1.807, 2.05) is 0 Å². The van der Waals surface area contributed by atoms with Crippen molar-refractivity contribution in [3.63, 3.8) is 0 Å². The third-order valence-corrected chi connectivity index (χ3v) is 3.77. The molecule has 3 rings (SSSR count). The minimum absolute atomic E-state index is 0.204. The summed E-state index contributed by atoms with van der Waals surface area (Å²) < 4.78 is 13.4. The maximum Gasteiger partial charge on any atom is 0.274 e. The summed E-state index contributed by atoms with van der Waals surface area (Å²) in [5, 5.41) is 9.92. The number of halogens is 1. The molecule has 1 aliphatic rings. The number of aliphatic hydroxyl groups is 1. The maximum absolute atomic E-state index is 13.4. The van der Waals surface area contributed by atoms with Gasteiger partial charge in [0, 0.05) is 12.7 Å². The number of nitrogens with zero attached hydrogens (tertiary/aromatic N) is 3. The van der Waals surface area contributed by atoms with Crippen LogP contribution in [-0.2, 0) is 0 Å². The number of rotatable bonds is 2. The maximum atomic E-state index is 13.4. The summed E-state index contributed by atoms with van der Waals surface area (Å²) in [5.41, 5.74) is 1.62. The minimum atomic E-state index is -0.629. The monoisotopic (exact) mass is 301 g/mol. The average molecular weight is 301 g/mol. The van der Waals surface area contributed by atoms with Gasteiger partial charge in [-0.2, -0.15) is 0 Å². The van der Waals surface area contributed by atoms with Crippen molar-refractivity contribution in [1.82, 2.24) is 14.9 Å². The molecule has 1 saturated heterocycles. The van der Waals surface area contributed by atoms with Crippen molar-refractivity contribution < 1.29 is 14.3 Å². The van der Waals surface area contributed by atoms with Crippen LogP contribution in [0.5, 0.6) is 0 Å². The summed E-state index contributed by atoms with van der Waals surface area (Å²) in [7, 11) is 0. The zero-order valence-electron chi connectivity index (χ0n) is 12.1. The number of benzene rings is 1. The lowest BCUT2D eigenvalue weighted by molar-refractivity contribution is 0.0709. The number of amides is 1. The van der Waals surface area contributed by atoms with Crippen LogP contribution in [0.15, 0.2) is 36.7 Å². The van der Waals surface area contributed by atoms with Gasteiger partial charge in [0.1, 0.15) is 11.5 Å². The molecule has 0 spiro atoms. The topological polar surface area (TPSA) is 66.3 Å². The van der Waals surface area contributed by atoms with Gasteiger partial charge in [-0.25, -0.2) is 9.37 Å². The normalized spacial score (nSPS) is 21.1. The van der Waals surface area contributed by atoms with Crippen molar-refractivity contribution in [2.24, 2.45) is 0 Å². The Morgan fingerprint density at radius 2 is 2.18 bits per heavy atom. The summed E-state index contributed by atoms with van der Waals surface area (Å²) in [6.45, 7) is 1.99. The second-order valence-electron chi connectivity index (χ2n) is 5.46. The van der Waals surface area contributed by atoms with Crippen LogP contribution < -0.4 is 0 Å². The molecule has 1 N–H and O–H groups in total. The third kappa shape index (κ3) is 2.82. The first-order valence-corrected chi connectivity index (χ1v) is 7.08. The van der Waals surface area contributed by atoms with Crippen LogP contribution in [0.1, 0.15) is 34.2 Å². The second-order valence-corrected chi connectivity index (χ2v) is 5.46. The number of aliphatic hydroxyl groups excluding tert-OH is 1. The van der Waals surface area contributed by atoms with Gasteiger partial charge < -0.3 is 10.0 Å². The number of carbonyl (C=O) groups excluding carboxylic acids is 1. The van der Waals surface area contributed by atoms with Gasteiger partial charge in [0.25, 0.3) is 5.91 Å². The molecular formula is C16H16FN3O2. The van der Waals surface area contributed by atoms with Crippen molar-refractivity contribution in [2.45, 2.75) is 25.5 Å². The van der Waals surface area contributed by atoms with Crippen LogP contribution in [0.3, 0.4) is 0 Å². The first kappa shape index (κ1) is 14.6. The quantitative estimate of drug-likeness (QED) is 0.919. The Morgan fingerprint density at radius 3 is 2.86 bits per heavy atom. The molecule has 0 saturated carbocycles.